The maximum absolute atomic E-state index is 12.6. The second-order valence-electron chi connectivity index (χ2n) is 10.8. The molecule has 2 amide bonds. The minimum atomic E-state index is -0.449. The Labute approximate surface area is 232 Å². The lowest BCUT2D eigenvalue weighted by Crippen LogP contribution is -2.29. The highest BCUT2D eigenvalue weighted by atomic mass is 16.2. The smallest absolute Gasteiger partial charge is 0.265 e. The highest BCUT2D eigenvalue weighted by Gasteiger charge is 2.35. The van der Waals surface area contributed by atoms with Gasteiger partial charge in [0.05, 0.1) is 0 Å². The summed E-state index contributed by atoms with van der Waals surface area (Å²) in [6, 6.07) is 24.7. The minimum absolute atomic E-state index is 0.165. The fourth-order valence-electron chi connectivity index (χ4n) is 6.22. The zero-order valence-corrected chi connectivity index (χ0v) is 22.0. The van der Waals surface area contributed by atoms with Crippen molar-refractivity contribution in [1.82, 2.24) is 14.5 Å². The maximum Gasteiger partial charge on any atom is 0.265 e. The van der Waals surface area contributed by atoms with Crippen LogP contribution in [-0.4, -0.2) is 32.9 Å². The molecule has 5 aromatic rings. The molecule has 2 fully saturated rings. The van der Waals surface area contributed by atoms with Gasteiger partial charge in [-0.3, -0.25) is 14.6 Å². The van der Waals surface area contributed by atoms with E-state index in [4.69, 9.17) is 10.7 Å². The number of nitrogens with zero attached hydrogens (tertiary/aromatic N) is 4. The van der Waals surface area contributed by atoms with Gasteiger partial charge < -0.3 is 15.2 Å². The van der Waals surface area contributed by atoms with E-state index >= 15 is 0 Å². The van der Waals surface area contributed by atoms with Crippen LogP contribution in [0.15, 0.2) is 91.4 Å². The molecule has 198 valence electrons. The minimum Gasteiger partial charge on any atom is -0.364 e. The zero-order valence-electron chi connectivity index (χ0n) is 22.0. The molecule has 2 aliphatic rings. The van der Waals surface area contributed by atoms with Gasteiger partial charge in [-0.05, 0) is 72.2 Å². The number of aromatic nitrogens is 3. The molecule has 3 aromatic heterocycles. The highest BCUT2D eigenvalue weighted by molar-refractivity contribution is 6.02. The van der Waals surface area contributed by atoms with Crippen molar-refractivity contribution in [3.05, 3.63) is 103 Å². The van der Waals surface area contributed by atoms with Crippen LogP contribution in [0.3, 0.4) is 0 Å². The third-order valence-corrected chi connectivity index (χ3v) is 8.37. The summed E-state index contributed by atoms with van der Waals surface area (Å²) in [4.78, 5) is 35.8. The number of rotatable bonds is 6. The van der Waals surface area contributed by atoms with E-state index in [1.165, 1.54) is 5.56 Å². The molecule has 1 saturated carbocycles. The Morgan fingerprint density at radius 2 is 1.68 bits per heavy atom. The van der Waals surface area contributed by atoms with Crippen LogP contribution < -0.4 is 10.6 Å². The number of carbonyl (C=O) groups is 2. The molecule has 0 atom stereocenters. The molecule has 2 aromatic carbocycles. The van der Waals surface area contributed by atoms with Crippen LogP contribution in [-0.2, 0) is 4.79 Å². The van der Waals surface area contributed by atoms with Crippen molar-refractivity contribution in [2.75, 3.05) is 11.4 Å². The number of primary amides is 1. The van der Waals surface area contributed by atoms with E-state index in [2.05, 4.69) is 35.3 Å². The van der Waals surface area contributed by atoms with E-state index in [-0.39, 0.29) is 11.9 Å². The fraction of sp³-hybridized carbons (Fsp3) is 0.212. The van der Waals surface area contributed by atoms with Crippen molar-refractivity contribution >= 4 is 28.5 Å². The summed E-state index contributed by atoms with van der Waals surface area (Å²) in [5.74, 6) is 0.192. The summed E-state index contributed by atoms with van der Waals surface area (Å²) < 4.78 is 2.04. The Bertz CT molecular complexity index is 1740. The van der Waals surface area contributed by atoms with Crippen molar-refractivity contribution in [3.8, 4) is 22.3 Å². The number of anilines is 1. The fourth-order valence-corrected chi connectivity index (χ4v) is 6.22. The molecule has 7 heteroatoms. The van der Waals surface area contributed by atoms with Crippen LogP contribution in [0.4, 0.5) is 5.69 Å². The van der Waals surface area contributed by atoms with Crippen LogP contribution >= 0.6 is 0 Å². The number of fused-ring (bicyclic) bond motifs is 1. The standard InChI is InChI=1S/C33H29N5O2/c34-32(40)30-18-29-28(12-13-36-33(29)38(30)27-16-23(17-27)21-5-2-1-3-6-21)25-15-24(19-35-20-25)22-8-10-26(11-9-22)37-14-4-7-31(37)39/h1-3,5-6,8-13,15,18-20,23,27H,4,7,14,16-17H2,(H2,34,40). The van der Waals surface area contributed by atoms with Gasteiger partial charge in [0, 0.05) is 59.8 Å². The van der Waals surface area contributed by atoms with Crippen molar-refractivity contribution in [3.63, 3.8) is 0 Å². The first-order valence-electron chi connectivity index (χ1n) is 13.8. The molecule has 1 aliphatic carbocycles. The van der Waals surface area contributed by atoms with E-state index in [1.807, 2.05) is 64.3 Å². The van der Waals surface area contributed by atoms with Gasteiger partial charge in [-0.1, -0.05) is 42.5 Å². The van der Waals surface area contributed by atoms with Gasteiger partial charge >= 0.3 is 0 Å². The van der Waals surface area contributed by atoms with E-state index in [9.17, 15) is 9.59 Å². The molecule has 0 unspecified atom stereocenters. The molecule has 0 bridgehead atoms. The predicted octanol–water partition coefficient (Wildman–Crippen LogP) is 6.11. The van der Waals surface area contributed by atoms with Gasteiger partial charge in [0.2, 0.25) is 5.91 Å². The topological polar surface area (TPSA) is 94.1 Å². The lowest BCUT2D eigenvalue weighted by atomic mass is 9.75. The van der Waals surface area contributed by atoms with Gasteiger partial charge in [-0.15, -0.1) is 0 Å². The van der Waals surface area contributed by atoms with E-state index in [0.29, 0.717) is 18.0 Å². The number of amides is 2. The molecular formula is C33H29N5O2. The number of benzene rings is 2. The molecule has 7 nitrogen and oxygen atoms in total. The molecule has 40 heavy (non-hydrogen) atoms. The summed E-state index contributed by atoms with van der Waals surface area (Å²) >= 11 is 0. The summed E-state index contributed by atoms with van der Waals surface area (Å²) in [5, 5.41) is 0.890. The van der Waals surface area contributed by atoms with Crippen molar-refractivity contribution in [1.29, 1.82) is 0 Å². The molecule has 7 rings (SSSR count). The lowest BCUT2D eigenvalue weighted by molar-refractivity contribution is -0.117. The number of hydrogen-bond donors (Lipinski definition) is 1. The Morgan fingerprint density at radius 1 is 0.900 bits per heavy atom. The molecular weight excluding hydrogens is 498 g/mol. The predicted molar refractivity (Wildman–Crippen MR) is 156 cm³/mol. The van der Waals surface area contributed by atoms with Crippen molar-refractivity contribution in [2.24, 2.45) is 5.73 Å². The Kier molecular flexibility index (Phi) is 5.92. The Balaban J connectivity index is 1.22. The summed E-state index contributed by atoms with van der Waals surface area (Å²) in [6.45, 7) is 0.772. The first kappa shape index (κ1) is 24.3. The number of carbonyl (C=O) groups excluding carboxylic acids is 2. The largest absolute Gasteiger partial charge is 0.364 e. The zero-order chi connectivity index (χ0) is 27.2. The van der Waals surface area contributed by atoms with Gasteiger partial charge in [0.1, 0.15) is 11.3 Å². The molecule has 1 saturated heterocycles. The molecule has 4 heterocycles. The third-order valence-electron chi connectivity index (χ3n) is 8.37. The molecule has 0 radical (unpaired) electrons. The van der Waals surface area contributed by atoms with Gasteiger partial charge in [0.25, 0.3) is 5.91 Å². The average Bonchev–Trinajstić information content (AvgIpc) is 3.57. The normalized spacial score (nSPS) is 18.7. The van der Waals surface area contributed by atoms with Crippen LogP contribution in [0.1, 0.15) is 53.7 Å². The average molecular weight is 528 g/mol. The maximum atomic E-state index is 12.6. The monoisotopic (exact) mass is 527 g/mol. The lowest BCUT2D eigenvalue weighted by Gasteiger charge is -2.37. The van der Waals surface area contributed by atoms with Gasteiger partial charge in [-0.25, -0.2) is 4.98 Å². The van der Waals surface area contributed by atoms with E-state index in [1.54, 1.807) is 6.20 Å². The molecule has 2 N–H and O–H groups in total. The first-order valence-corrected chi connectivity index (χ1v) is 13.8. The van der Waals surface area contributed by atoms with E-state index in [0.717, 1.165) is 64.8 Å². The quantitative estimate of drug-likeness (QED) is 0.288. The van der Waals surface area contributed by atoms with E-state index < -0.39 is 5.91 Å². The number of hydrogen-bond acceptors (Lipinski definition) is 4. The second-order valence-corrected chi connectivity index (χ2v) is 10.8. The number of pyridine rings is 2. The molecule has 0 spiro atoms. The summed E-state index contributed by atoms with van der Waals surface area (Å²) in [5.41, 5.74) is 13.3. The van der Waals surface area contributed by atoms with Crippen LogP contribution in [0.5, 0.6) is 0 Å². The third kappa shape index (κ3) is 4.14. The highest BCUT2D eigenvalue weighted by Crippen LogP contribution is 2.47. The van der Waals surface area contributed by atoms with Gasteiger partial charge in [0.15, 0.2) is 0 Å². The summed E-state index contributed by atoms with van der Waals surface area (Å²) in [6.07, 6.45) is 8.87. The van der Waals surface area contributed by atoms with Crippen LogP contribution in [0, 0.1) is 0 Å². The summed E-state index contributed by atoms with van der Waals surface area (Å²) in [7, 11) is 0. The first-order chi connectivity index (χ1) is 19.6. The van der Waals surface area contributed by atoms with Gasteiger partial charge in [-0.2, -0.15) is 0 Å². The van der Waals surface area contributed by atoms with Crippen molar-refractivity contribution in [2.45, 2.75) is 37.6 Å². The van der Waals surface area contributed by atoms with Crippen molar-refractivity contribution < 1.29 is 9.59 Å². The second kappa shape index (κ2) is 9.75. The molecule has 1 aliphatic heterocycles. The Morgan fingerprint density at radius 3 is 2.40 bits per heavy atom. The van der Waals surface area contributed by atoms with Crippen LogP contribution in [0.2, 0.25) is 0 Å². The van der Waals surface area contributed by atoms with Crippen LogP contribution in [0.25, 0.3) is 33.3 Å². The Hall–Kier alpha value is -4.78. The SMILES string of the molecule is NC(=O)c1cc2c(-c3cncc(-c4ccc(N5CCCC5=O)cc4)c3)ccnc2n1C1CC(c2ccccc2)C1. The number of nitrogens with two attached hydrogens (primary N) is 1.